The van der Waals surface area contributed by atoms with Gasteiger partial charge in [0.25, 0.3) is 11.8 Å². The van der Waals surface area contributed by atoms with E-state index >= 15 is 0 Å². The molecule has 1 N–H and O–H groups in total. The smallest absolute Gasteiger partial charge is 0.270 e. The number of carbonyl (C=O) groups is 2. The van der Waals surface area contributed by atoms with Crippen LogP contribution in [0.5, 0.6) is 5.75 Å². The van der Waals surface area contributed by atoms with Crippen molar-refractivity contribution in [2.24, 2.45) is 0 Å². The summed E-state index contributed by atoms with van der Waals surface area (Å²) < 4.78 is 5.54. The lowest BCUT2D eigenvalue weighted by atomic mass is 10.1. The first kappa shape index (κ1) is 19.1. The van der Waals surface area contributed by atoms with E-state index in [0.717, 1.165) is 12.2 Å². The van der Waals surface area contributed by atoms with Crippen molar-refractivity contribution in [1.29, 1.82) is 0 Å². The van der Waals surface area contributed by atoms with Crippen molar-refractivity contribution in [2.75, 3.05) is 11.5 Å². The molecule has 0 aliphatic carbocycles. The zero-order valence-corrected chi connectivity index (χ0v) is 16.1. The first-order valence-electron chi connectivity index (χ1n) is 8.39. The second-order valence-electron chi connectivity index (χ2n) is 5.85. The van der Waals surface area contributed by atoms with Gasteiger partial charge in [-0.25, -0.2) is 0 Å². The Morgan fingerprint density at radius 3 is 2.41 bits per heavy atom. The van der Waals surface area contributed by atoms with Gasteiger partial charge < -0.3 is 4.74 Å². The number of nitrogens with one attached hydrogen (secondary N) is 1. The van der Waals surface area contributed by atoms with Gasteiger partial charge in [-0.1, -0.05) is 30.7 Å². The van der Waals surface area contributed by atoms with Crippen LogP contribution < -0.4 is 15.0 Å². The highest BCUT2D eigenvalue weighted by Gasteiger charge is 2.34. The van der Waals surface area contributed by atoms with Gasteiger partial charge >= 0.3 is 0 Å². The first-order chi connectivity index (χ1) is 13.0. The summed E-state index contributed by atoms with van der Waals surface area (Å²) in [5.74, 6) is -0.277. The lowest BCUT2D eigenvalue weighted by molar-refractivity contribution is -0.122. The maximum Gasteiger partial charge on any atom is 0.270 e. The molecule has 0 radical (unpaired) electrons. The molecule has 1 aliphatic rings. The second kappa shape index (κ2) is 8.33. The lowest BCUT2D eigenvalue weighted by Gasteiger charge is -2.28. The SMILES string of the molecule is CCCOc1ccc(/C=C2/C(=O)NC(=S)N(c3ccc(Cl)cc3)C2=O)cc1. The van der Waals surface area contributed by atoms with Crippen LogP contribution in [0.2, 0.25) is 5.02 Å². The molecule has 1 fully saturated rings. The molecule has 0 aromatic heterocycles. The number of amides is 2. The Morgan fingerprint density at radius 1 is 1.11 bits per heavy atom. The Morgan fingerprint density at radius 2 is 1.78 bits per heavy atom. The molecular formula is C20H17ClN2O3S. The number of carbonyl (C=O) groups excluding carboxylic acids is 2. The molecule has 2 aromatic carbocycles. The summed E-state index contributed by atoms with van der Waals surface area (Å²) in [6.45, 7) is 2.66. The van der Waals surface area contributed by atoms with Crippen molar-refractivity contribution in [3.8, 4) is 5.75 Å². The number of nitrogens with zero attached hydrogens (tertiary/aromatic N) is 1. The molecule has 0 spiro atoms. The number of benzene rings is 2. The number of hydrogen-bond donors (Lipinski definition) is 1. The van der Waals surface area contributed by atoms with Crippen LogP contribution in [0.1, 0.15) is 18.9 Å². The maximum atomic E-state index is 12.9. The molecule has 0 bridgehead atoms. The molecule has 0 saturated carbocycles. The minimum Gasteiger partial charge on any atom is -0.494 e. The predicted molar refractivity (Wildman–Crippen MR) is 110 cm³/mol. The van der Waals surface area contributed by atoms with Gasteiger partial charge in [-0.2, -0.15) is 0 Å². The van der Waals surface area contributed by atoms with Crippen LogP contribution in [-0.4, -0.2) is 23.5 Å². The largest absolute Gasteiger partial charge is 0.494 e. The average molecular weight is 401 g/mol. The highest BCUT2D eigenvalue weighted by atomic mass is 35.5. The Labute approximate surface area is 167 Å². The monoisotopic (exact) mass is 400 g/mol. The van der Waals surface area contributed by atoms with Crippen molar-refractivity contribution in [3.05, 3.63) is 64.7 Å². The van der Waals surface area contributed by atoms with Gasteiger partial charge in [0.15, 0.2) is 5.11 Å². The highest BCUT2D eigenvalue weighted by Crippen LogP contribution is 2.24. The lowest BCUT2D eigenvalue weighted by Crippen LogP contribution is -2.54. The fourth-order valence-electron chi connectivity index (χ4n) is 2.53. The third-order valence-electron chi connectivity index (χ3n) is 3.85. The quantitative estimate of drug-likeness (QED) is 0.469. The zero-order valence-electron chi connectivity index (χ0n) is 14.6. The highest BCUT2D eigenvalue weighted by molar-refractivity contribution is 7.80. The summed E-state index contributed by atoms with van der Waals surface area (Å²) >= 11 is 11.1. The van der Waals surface area contributed by atoms with E-state index < -0.39 is 11.8 Å². The van der Waals surface area contributed by atoms with E-state index in [1.54, 1.807) is 48.5 Å². The van der Waals surface area contributed by atoms with Crippen LogP contribution >= 0.6 is 23.8 Å². The maximum absolute atomic E-state index is 12.9. The minimum absolute atomic E-state index is 0.000719. The molecule has 3 rings (SSSR count). The fourth-order valence-corrected chi connectivity index (χ4v) is 2.94. The van der Waals surface area contributed by atoms with E-state index in [2.05, 4.69) is 5.32 Å². The van der Waals surface area contributed by atoms with Gasteiger partial charge in [-0.3, -0.25) is 19.8 Å². The molecule has 2 amide bonds. The van der Waals surface area contributed by atoms with Crippen LogP contribution in [-0.2, 0) is 9.59 Å². The number of hydrogen-bond acceptors (Lipinski definition) is 4. The predicted octanol–water partition coefficient (Wildman–Crippen LogP) is 3.96. The summed E-state index contributed by atoms with van der Waals surface area (Å²) in [6.07, 6.45) is 2.45. The van der Waals surface area contributed by atoms with Crippen molar-refractivity contribution < 1.29 is 14.3 Å². The summed E-state index contributed by atoms with van der Waals surface area (Å²) in [4.78, 5) is 26.5. The molecular weight excluding hydrogens is 384 g/mol. The van der Waals surface area contributed by atoms with Crippen LogP contribution in [0, 0.1) is 0 Å². The molecule has 1 saturated heterocycles. The molecule has 1 aliphatic heterocycles. The number of halogens is 1. The van der Waals surface area contributed by atoms with E-state index in [-0.39, 0.29) is 10.7 Å². The van der Waals surface area contributed by atoms with Gasteiger partial charge in [0.1, 0.15) is 11.3 Å². The van der Waals surface area contributed by atoms with E-state index in [4.69, 9.17) is 28.6 Å². The molecule has 27 heavy (non-hydrogen) atoms. The Kier molecular flexibility index (Phi) is 5.88. The van der Waals surface area contributed by atoms with Crippen molar-refractivity contribution in [2.45, 2.75) is 13.3 Å². The van der Waals surface area contributed by atoms with E-state index in [0.29, 0.717) is 22.9 Å². The summed E-state index contributed by atoms with van der Waals surface area (Å²) in [6, 6.07) is 13.8. The molecule has 7 heteroatoms. The standard InChI is InChI=1S/C20H17ClN2O3S/c1-2-11-26-16-9-3-13(4-10-16)12-17-18(24)22-20(27)23(19(17)25)15-7-5-14(21)6-8-15/h3-10,12H,2,11H2,1H3,(H,22,24,27)/b17-12-. The number of rotatable bonds is 5. The first-order valence-corrected chi connectivity index (χ1v) is 9.18. The number of anilines is 1. The summed E-state index contributed by atoms with van der Waals surface area (Å²) in [5, 5.41) is 3.13. The summed E-state index contributed by atoms with van der Waals surface area (Å²) in [5.41, 5.74) is 1.24. The third kappa shape index (κ3) is 4.35. The van der Waals surface area contributed by atoms with E-state index in [1.807, 2.05) is 6.92 Å². The van der Waals surface area contributed by atoms with Gasteiger partial charge in [0.05, 0.1) is 12.3 Å². The molecule has 138 valence electrons. The topological polar surface area (TPSA) is 58.6 Å². The van der Waals surface area contributed by atoms with Gasteiger partial charge in [0, 0.05) is 5.02 Å². The molecule has 0 unspecified atom stereocenters. The minimum atomic E-state index is -0.526. The van der Waals surface area contributed by atoms with Gasteiger partial charge in [0.2, 0.25) is 0 Å². The van der Waals surface area contributed by atoms with E-state index in [9.17, 15) is 9.59 Å². The van der Waals surface area contributed by atoms with Crippen molar-refractivity contribution in [1.82, 2.24) is 5.32 Å². The van der Waals surface area contributed by atoms with Crippen molar-refractivity contribution >= 4 is 52.5 Å². The molecule has 0 atom stereocenters. The van der Waals surface area contributed by atoms with Crippen LogP contribution in [0.25, 0.3) is 6.08 Å². The van der Waals surface area contributed by atoms with Crippen LogP contribution in [0.3, 0.4) is 0 Å². The summed E-state index contributed by atoms with van der Waals surface area (Å²) in [7, 11) is 0. The second-order valence-corrected chi connectivity index (χ2v) is 6.67. The zero-order chi connectivity index (χ0) is 19.4. The Balaban J connectivity index is 1.88. The normalized spacial score (nSPS) is 15.9. The Hall–Kier alpha value is -2.70. The van der Waals surface area contributed by atoms with Gasteiger partial charge in [-0.05, 0) is 66.7 Å². The van der Waals surface area contributed by atoms with Crippen LogP contribution in [0.4, 0.5) is 5.69 Å². The molecule has 1 heterocycles. The number of thiocarbonyl (C=S) groups is 1. The number of ether oxygens (including phenoxy) is 1. The molecule has 2 aromatic rings. The van der Waals surface area contributed by atoms with E-state index in [1.165, 1.54) is 11.0 Å². The van der Waals surface area contributed by atoms with Crippen molar-refractivity contribution in [3.63, 3.8) is 0 Å². The van der Waals surface area contributed by atoms with Gasteiger partial charge in [-0.15, -0.1) is 0 Å². The van der Waals surface area contributed by atoms with Crippen LogP contribution in [0.15, 0.2) is 54.1 Å². The molecule has 5 nitrogen and oxygen atoms in total. The third-order valence-corrected chi connectivity index (χ3v) is 4.39. The average Bonchev–Trinajstić information content (AvgIpc) is 2.66. The Bertz CT molecular complexity index is 908. The fraction of sp³-hybridized carbons (Fsp3) is 0.150.